The number of rotatable bonds is 7. The predicted molar refractivity (Wildman–Crippen MR) is 128 cm³/mol. The van der Waals surface area contributed by atoms with Crippen LogP contribution in [0, 0.1) is 19.8 Å². The predicted octanol–water partition coefficient (Wildman–Crippen LogP) is 3.72. The van der Waals surface area contributed by atoms with Crippen LogP contribution in [-0.2, 0) is 11.3 Å². The smallest absolute Gasteiger partial charge is 0.254 e. The Morgan fingerprint density at radius 1 is 1.09 bits per heavy atom. The number of fused-ring (bicyclic) bond motifs is 1. The van der Waals surface area contributed by atoms with Crippen molar-refractivity contribution in [3.63, 3.8) is 0 Å². The second-order valence-electron chi connectivity index (χ2n) is 8.72. The van der Waals surface area contributed by atoms with Crippen molar-refractivity contribution in [3.8, 4) is 5.75 Å². The van der Waals surface area contributed by atoms with Crippen molar-refractivity contribution >= 4 is 22.6 Å². The van der Waals surface area contributed by atoms with Crippen molar-refractivity contribution in [1.29, 1.82) is 0 Å². The molecule has 1 aromatic heterocycles. The molecule has 1 saturated heterocycles. The SMILES string of the molecule is COc1ccc(C(=O)N2CCC(C(=O)NCCCn3nc(C)cc3C)CC2)c2ccccc12. The maximum atomic E-state index is 13.2. The fraction of sp³-hybridized carbons (Fsp3) is 0.423. The van der Waals surface area contributed by atoms with E-state index in [0.717, 1.165) is 40.9 Å². The summed E-state index contributed by atoms with van der Waals surface area (Å²) >= 11 is 0. The van der Waals surface area contributed by atoms with Crippen LogP contribution in [0.5, 0.6) is 5.75 Å². The highest BCUT2D eigenvalue weighted by molar-refractivity contribution is 6.08. The summed E-state index contributed by atoms with van der Waals surface area (Å²) in [5.41, 5.74) is 2.83. The van der Waals surface area contributed by atoms with Crippen LogP contribution < -0.4 is 10.1 Å². The Balaban J connectivity index is 1.29. The van der Waals surface area contributed by atoms with Crippen LogP contribution in [0.25, 0.3) is 10.8 Å². The Morgan fingerprint density at radius 2 is 1.82 bits per heavy atom. The van der Waals surface area contributed by atoms with Crippen molar-refractivity contribution < 1.29 is 14.3 Å². The summed E-state index contributed by atoms with van der Waals surface area (Å²) in [6, 6.07) is 13.5. The zero-order valence-electron chi connectivity index (χ0n) is 19.6. The standard InChI is InChI=1S/C26H32N4O3/c1-18-17-19(2)30(28-18)14-6-13-27-25(31)20-11-15-29(16-12-20)26(32)23-9-10-24(33-3)22-8-5-4-7-21(22)23/h4-5,7-10,17,20H,6,11-16H2,1-3H3,(H,27,31). The number of aromatic nitrogens is 2. The Morgan fingerprint density at radius 3 is 2.48 bits per heavy atom. The molecule has 1 aliphatic heterocycles. The molecule has 2 heterocycles. The first-order valence-electron chi connectivity index (χ1n) is 11.6. The number of carbonyl (C=O) groups excluding carboxylic acids is 2. The minimum Gasteiger partial charge on any atom is -0.496 e. The average Bonchev–Trinajstić information content (AvgIpc) is 3.17. The molecule has 1 N–H and O–H groups in total. The normalized spacial score (nSPS) is 14.5. The second kappa shape index (κ2) is 10.1. The third-order valence-electron chi connectivity index (χ3n) is 6.44. The van der Waals surface area contributed by atoms with E-state index < -0.39 is 0 Å². The van der Waals surface area contributed by atoms with Gasteiger partial charge in [0.2, 0.25) is 5.91 Å². The van der Waals surface area contributed by atoms with E-state index in [1.165, 1.54) is 0 Å². The van der Waals surface area contributed by atoms with E-state index in [9.17, 15) is 9.59 Å². The van der Waals surface area contributed by atoms with E-state index >= 15 is 0 Å². The van der Waals surface area contributed by atoms with Crippen molar-refractivity contribution in [3.05, 3.63) is 59.4 Å². The van der Waals surface area contributed by atoms with E-state index in [1.807, 2.05) is 59.8 Å². The maximum absolute atomic E-state index is 13.2. The van der Waals surface area contributed by atoms with E-state index in [4.69, 9.17) is 4.74 Å². The zero-order chi connectivity index (χ0) is 23.4. The first kappa shape index (κ1) is 22.8. The first-order chi connectivity index (χ1) is 16.0. The Kier molecular flexibility index (Phi) is 6.96. The third kappa shape index (κ3) is 5.02. The molecule has 0 bridgehead atoms. The van der Waals surface area contributed by atoms with Gasteiger partial charge in [-0.25, -0.2) is 0 Å². The van der Waals surface area contributed by atoms with Gasteiger partial charge in [-0.3, -0.25) is 14.3 Å². The number of methoxy groups -OCH3 is 1. The summed E-state index contributed by atoms with van der Waals surface area (Å²) in [5, 5.41) is 9.34. The fourth-order valence-electron chi connectivity index (χ4n) is 4.64. The third-order valence-corrected chi connectivity index (χ3v) is 6.44. The average molecular weight is 449 g/mol. The number of amides is 2. The molecular weight excluding hydrogens is 416 g/mol. The molecule has 1 aliphatic rings. The molecule has 2 amide bonds. The van der Waals surface area contributed by atoms with Gasteiger partial charge >= 0.3 is 0 Å². The molecule has 0 radical (unpaired) electrons. The Bertz CT molecular complexity index is 1150. The molecule has 3 aromatic rings. The van der Waals surface area contributed by atoms with Gasteiger partial charge in [-0.1, -0.05) is 24.3 Å². The lowest BCUT2D eigenvalue weighted by atomic mass is 9.94. The first-order valence-corrected chi connectivity index (χ1v) is 11.6. The van der Waals surface area contributed by atoms with Gasteiger partial charge in [0.25, 0.3) is 5.91 Å². The van der Waals surface area contributed by atoms with Crippen LogP contribution in [-0.4, -0.2) is 53.2 Å². The van der Waals surface area contributed by atoms with Crippen LogP contribution in [0.1, 0.15) is 41.0 Å². The Hall–Kier alpha value is -3.35. The quantitative estimate of drug-likeness (QED) is 0.559. The molecule has 0 spiro atoms. The molecule has 2 aromatic carbocycles. The topological polar surface area (TPSA) is 76.5 Å². The van der Waals surface area contributed by atoms with E-state index in [1.54, 1.807) is 7.11 Å². The minimum absolute atomic E-state index is 0.0117. The van der Waals surface area contributed by atoms with Crippen molar-refractivity contribution in [2.75, 3.05) is 26.7 Å². The number of aryl methyl sites for hydroxylation is 3. The van der Waals surface area contributed by atoms with Gasteiger partial charge in [0.1, 0.15) is 5.75 Å². The number of benzene rings is 2. The molecule has 7 heteroatoms. The lowest BCUT2D eigenvalue weighted by Crippen LogP contribution is -2.43. The van der Waals surface area contributed by atoms with Crippen LogP contribution in [0.3, 0.4) is 0 Å². The lowest BCUT2D eigenvalue weighted by Gasteiger charge is -2.31. The number of carbonyl (C=O) groups is 2. The molecule has 7 nitrogen and oxygen atoms in total. The molecule has 0 saturated carbocycles. The monoisotopic (exact) mass is 448 g/mol. The van der Waals surface area contributed by atoms with Gasteiger partial charge in [0, 0.05) is 48.7 Å². The molecule has 0 unspecified atom stereocenters. The summed E-state index contributed by atoms with van der Waals surface area (Å²) in [5.74, 6) is 0.814. The number of likely N-dealkylation sites (tertiary alicyclic amines) is 1. The number of nitrogens with zero attached hydrogens (tertiary/aromatic N) is 3. The van der Waals surface area contributed by atoms with Crippen molar-refractivity contribution in [1.82, 2.24) is 20.0 Å². The summed E-state index contributed by atoms with van der Waals surface area (Å²) in [6.07, 6.45) is 2.21. The number of hydrogen-bond donors (Lipinski definition) is 1. The summed E-state index contributed by atoms with van der Waals surface area (Å²) in [4.78, 5) is 27.7. The highest BCUT2D eigenvalue weighted by atomic mass is 16.5. The van der Waals surface area contributed by atoms with Gasteiger partial charge in [-0.2, -0.15) is 5.10 Å². The van der Waals surface area contributed by atoms with Crippen molar-refractivity contribution in [2.24, 2.45) is 5.92 Å². The highest BCUT2D eigenvalue weighted by Crippen LogP contribution is 2.30. The lowest BCUT2D eigenvalue weighted by molar-refractivity contribution is -0.126. The number of piperidine rings is 1. The molecule has 0 atom stereocenters. The highest BCUT2D eigenvalue weighted by Gasteiger charge is 2.28. The Labute approximate surface area is 194 Å². The van der Waals surface area contributed by atoms with E-state index in [0.29, 0.717) is 38.0 Å². The number of hydrogen-bond acceptors (Lipinski definition) is 4. The van der Waals surface area contributed by atoms with Crippen LogP contribution in [0.4, 0.5) is 0 Å². The maximum Gasteiger partial charge on any atom is 0.254 e. The second-order valence-corrected chi connectivity index (χ2v) is 8.72. The van der Waals surface area contributed by atoms with Gasteiger partial charge in [-0.05, 0) is 56.7 Å². The van der Waals surface area contributed by atoms with E-state index in [2.05, 4.69) is 16.5 Å². The molecule has 0 aliphatic carbocycles. The van der Waals surface area contributed by atoms with Gasteiger partial charge < -0.3 is 15.0 Å². The largest absolute Gasteiger partial charge is 0.496 e. The molecular formula is C26H32N4O3. The van der Waals surface area contributed by atoms with Crippen LogP contribution in [0.2, 0.25) is 0 Å². The van der Waals surface area contributed by atoms with Crippen LogP contribution >= 0.6 is 0 Å². The van der Waals surface area contributed by atoms with Gasteiger partial charge in [0.15, 0.2) is 0 Å². The summed E-state index contributed by atoms with van der Waals surface area (Å²) < 4.78 is 7.43. The molecule has 33 heavy (non-hydrogen) atoms. The molecule has 1 fully saturated rings. The van der Waals surface area contributed by atoms with E-state index in [-0.39, 0.29) is 17.7 Å². The number of nitrogens with one attached hydrogen (secondary N) is 1. The zero-order valence-corrected chi connectivity index (χ0v) is 19.6. The fourth-order valence-corrected chi connectivity index (χ4v) is 4.64. The van der Waals surface area contributed by atoms with Crippen LogP contribution in [0.15, 0.2) is 42.5 Å². The molecule has 4 rings (SSSR count). The van der Waals surface area contributed by atoms with Gasteiger partial charge in [0.05, 0.1) is 12.8 Å². The van der Waals surface area contributed by atoms with Gasteiger partial charge in [-0.15, -0.1) is 0 Å². The molecule has 174 valence electrons. The summed E-state index contributed by atoms with van der Waals surface area (Å²) in [6.45, 7) is 6.63. The number of ether oxygens (including phenoxy) is 1. The summed E-state index contributed by atoms with van der Waals surface area (Å²) in [7, 11) is 1.64. The minimum atomic E-state index is -0.0460. The van der Waals surface area contributed by atoms with Crippen molar-refractivity contribution in [2.45, 2.75) is 39.7 Å².